The Morgan fingerprint density at radius 2 is 2.09 bits per heavy atom. The Bertz CT molecular complexity index is 545. The van der Waals surface area contributed by atoms with Crippen molar-refractivity contribution in [2.24, 2.45) is 11.1 Å². The van der Waals surface area contributed by atoms with Gasteiger partial charge in [-0.05, 0) is 37.6 Å². The van der Waals surface area contributed by atoms with E-state index in [0.717, 1.165) is 5.56 Å². The highest BCUT2D eigenvalue weighted by Crippen LogP contribution is 2.50. The lowest BCUT2D eigenvalue weighted by atomic mass is 9.54. The molecule has 1 aliphatic carbocycles. The fourth-order valence-corrected chi connectivity index (χ4v) is 2.87. The molecular weight excluding hydrogens is 307 g/mol. The van der Waals surface area contributed by atoms with E-state index in [1.165, 1.54) is 12.1 Å². The molecule has 1 aromatic carbocycles. The smallest absolute Gasteiger partial charge is 0.245 e. The summed E-state index contributed by atoms with van der Waals surface area (Å²) in [5.41, 5.74) is 5.99. The van der Waals surface area contributed by atoms with Crippen molar-refractivity contribution in [2.45, 2.75) is 45.8 Å². The van der Waals surface area contributed by atoms with E-state index in [1.54, 1.807) is 13.0 Å². The molecule has 6 heteroatoms. The first-order valence-electron chi connectivity index (χ1n) is 7.20. The van der Waals surface area contributed by atoms with Gasteiger partial charge in [-0.25, -0.2) is 4.39 Å². The number of hydrogen-bond donors (Lipinski definition) is 2. The van der Waals surface area contributed by atoms with Gasteiger partial charge in [0.15, 0.2) is 0 Å². The van der Waals surface area contributed by atoms with Crippen molar-refractivity contribution >= 4 is 24.0 Å². The second-order valence-electron chi connectivity index (χ2n) is 6.31. The number of halogens is 2. The zero-order valence-electron chi connectivity index (χ0n) is 13.4. The summed E-state index contributed by atoms with van der Waals surface area (Å²) in [5.74, 6) is -0.676. The fourth-order valence-electron chi connectivity index (χ4n) is 2.87. The van der Waals surface area contributed by atoms with Gasteiger partial charge in [0, 0.05) is 24.1 Å². The first-order valence-corrected chi connectivity index (χ1v) is 7.20. The van der Waals surface area contributed by atoms with Crippen LogP contribution in [0.5, 0.6) is 0 Å². The molecule has 124 valence electrons. The number of aryl methyl sites for hydroxylation is 1. The molecule has 2 rings (SSSR count). The number of amides is 1. The second kappa shape index (κ2) is 6.52. The molecule has 1 fully saturated rings. The summed E-state index contributed by atoms with van der Waals surface area (Å²) in [6.45, 7) is 8.13. The van der Waals surface area contributed by atoms with Crippen LogP contribution in [0, 0.1) is 18.2 Å². The van der Waals surface area contributed by atoms with Crippen LogP contribution in [-0.2, 0) is 9.53 Å². The summed E-state index contributed by atoms with van der Waals surface area (Å²) >= 11 is 0. The van der Waals surface area contributed by atoms with Gasteiger partial charge >= 0.3 is 0 Å². The summed E-state index contributed by atoms with van der Waals surface area (Å²) in [5, 5.41) is 2.72. The van der Waals surface area contributed by atoms with Crippen molar-refractivity contribution in [1.29, 1.82) is 0 Å². The SMILES string of the molecule is CCOC1CC(N)(C(=O)Nc2cc(C)cc(F)c2)C1(C)C.Cl. The quantitative estimate of drug-likeness (QED) is 0.892. The molecule has 0 aromatic heterocycles. The van der Waals surface area contributed by atoms with Crippen LogP contribution in [0.2, 0.25) is 0 Å². The van der Waals surface area contributed by atoms with Crippen molar-refractivity contribution in [3.63, 3.8) is 0 Å². The zero-order chi connectivity index (χ0) is 15.8. The number of hydrogen-bond acceptors (Lipinski definition) is 3. The summed E-state index contributed by atoms with van der Waals surface area (Å²) in [7, 11) is 0. The summed E-state index contributed by atoms with van der Waals surface area (Å²) in [6.07, 6.45) is 0.432. The maximum atomic E-state index is 13.4. The number of ether oxygens (including phenoxy) is 1. The lowest BCUT2D eigenvalue weighted by Gasteiger charge is -2.57. The van der Waals surface area contributed by atoms with E-state index in [4.69, 9.17) is 10.5 Å². The zero-order valence-corrected chi connectivity index (χ0v) is 14.2. The maximum Gasteiger partial charge on any atom is 0.245 e. The van der Waals surface area contributed by atoms with Gasteiger partial charge in [-0.15, -0.1) is 12.4 Å². The highest BCUT2D eigenvalue weighted by molar-refractivity contribution is 5.99. The Kier molecular flexibility index (Phi) is 5.60. The summed E-state index contributed by atoms with van der Waals surface area (Å²) < 4.78 is 19.0. The molecule has 0 bridgehead atoms. The number of carbonyl (C=O) groups excluding carboxylic acids is 1. The number of benzene rings is 1. The van der Waals surface area contributed by atoms with Crippen LogP contribution in [0.1, 0.15) is 32.8 Å². The molecule has 0 spiro atoms. The van der Waals surface area contributed by atoms with E-state index < -0.39 is 11.0 Å². The van der Waals surface area contributed by atoms with E-state index in [0.29, 0.717) is 18.7 Å². The molecule has 1 amide bonds. The van der Waals surface area contributed by atoms with E-state index in [1.807, 2.05) is 20.8 Å². The minimum atomic E-state index is -1.01. The Balaban J connectivity index is 0.00000242. The van der Waals surface area contributed by atoms with Gasteiger partial charge in [0.05, 0.1) is 6.10 Å². The van der Waals surface area contributed by atoms with Crippen molar-refractivity contribution in [3.8, 4) is 0 Å². The normalized spacial score (nSPS) is 25.8. The predicted octanol–water partition coefficient (Wildman–Crippen LogP) is 3.03. The standard InChI is InChI=1S/C16H23FN2O2.ClH/c1-5-21-13-9-16(18,15(13,3)4)14(20)19-12-7-10(2)6-11(17)8-12;/h6-8,13H,5,9,18H2,1-4H3,(H,19,20);1H. The van der Waals surface area contributed by atoms with Crippen LogP contribution in [0.4, 0.5) is 10.1 Å². The van der Waals surface area contributed by atoms with Gasteiger partial charge in [0.25, 0.3) is 0 Å². The van der Waals surface area contributed by atoms with Crippen LogP contribution in [-0.4, -0.2) is 24.2 Å². The molecule has 2 unspecified atom stereocenters. The largest absolute Gasteiger partial charge is 0.378 e. The Labute approximate surface area is 137 Å². The van der Waals surface area contributed by atoms with Crippen molar-refractivity contribution in [3.05, 3.63) is 29.6 Å². The average Bonchev–Trinajstić information content (AvgIpc) is 2.36. The molecule has 1 aliphatic rings. The molecule has 0 radical (unpaired) electrons. The van der Waals surface area contributed by atoms with Crippen LogP contribution in [0.3, 0.4) is 0 Å². The first-order chi connectivity index (χ1) is 9.70. The Morgan fingerprint density at radius 1 is 1.45 bits per heavy atom. The minimum Gasteiger partial charge on any atom is -0.378 e. The van der Waals surface area contributed by atoms with Crippen molar-refractivity contribution in [1.82, 2.24) is 0 Å². The molecule has 0 aliphatic heterocycles. The maximum absolute atomic E-state index is 13.4. The average molecular weight is 331 g/mol. The van der Waals surface area contributed by atoms with Crippen LogP contribution >= 0.6 is 12.4 Å². The number of nitrogens with two attached hydrogens (primary N) is 1. The van der Waals surface area contributed by atoms with Gasteiger partial charge < -0.3 is 15.8 Å². The molecule has 0 saturated heterocycles. The summed E-state index contributed by atoms with van der Waals surface area (Å²) in [4.78, 5) is 12.5. The van der Waals surface area contributed by atoms with E-state index in [2.05, 4.69) is 5.32 Å². The number of carbonyl (C=O) groups is 1. The third-order valence-electron chi connectivity index (χ3n) is 4.54. The van der Waals surface area contributed by atoms with E-state index >= 15 is 0 Å². The van der Waals surface area contributed by atoms with Gasteiger partial charge in [-0.2, -0.15) is 0 Å². The molecular formula is C16H24ClFN2O2. The molecule has 22 heavy (non-hydrogen) atoms. The van der Waals surface area contributed by atoms with E-state index in [-0.39, 0.29) is 30.2 Å². The Hall–Kier alpha value is -1.17. The van der Waals surface area contributed by atoms with Crippen LogP contribution in [0.25, 0.3) is 0 Å². The molecule has 4 nitrogen and oxygen atoms in total. The molecule has 1 aromatic rings. The monoisotopic (exact) mass is 330 g/mol. The molecule has 1 saturated carbocycles. The number of rotatable bonds is 4. The van der Waals surface area contributed by atoms with E-state index in [9.17, 15) is 9.18 Å². The van der Waals surface area contributed by atoms with Crippen molar-refractivity contribution < 1.29 is 13.9 Å². The third kappa shape index (κ3) is 3.12. The highest BCUT2D eigenvalue weighted by Gasteiger charge is 2.62. The Morgan fingerprint density at radius 3 is 2.59 bits per heavy atom. The lowest BCUT2D eigenvalue weighted by molar-refractivity contribution is -0.166. The lowest BCUT2D eigenvalue weighted by Crippen LogP contribution is -2.74. The van der Waals surface area contributed by atoms with Crippen LogP contribution in [0.15, 0.2) is 18.2 Å². The van der Waals surface area contributed by atoms with Gasteiger partial charge in [-0.1, -0.05) is 13.8 Å². The minimum absolute atomic E-state index is 0. The van der Waals surface area contributed by atoms with Crippen molar-refractivity contribution in [2.75, 3.05) is 11.9 Å². The van der Waals surface area contributed by atoms with Gasteiger partial charge in [-0.3, -0.25) is 4.79 Å². The second-order valence-corrected chi connectivity index (χ2v) is 6.31. The molecule has 2 atom stereocenters. The number of anilines is 1. The number of nitrogens with one attached hydrogen (secondary N) is 1. The topological polar surface area (TPSA) is 64.3 Å². The summed E-state index contributed by atoms with van der Waals surface area (Å²) in [6, 6.07) is 4.42. The highest BCUT2D eigenvalue weighted by atomic mass is 35.5. The molecule has 0 heterocycles. The van der Waals surface area contributed by atoms with Gasteiger partial charge in [0.2, 0.25) is 5.91 Å². The van der Waals surface area contributed by atoms with Gasteiger partial charge in [0.1, 0.15) is 11.4 Å². The third-order valence-corrected chi connectivity index (χ3v) is 4.54. The predicted molar refractivity (Wildman–Crippen MR) is 87.7 cm³/mol. The first kappa shape index (κ1) is 18.9. The molecule has 3 N–H and O–H groups in total. The van der Waals surface area contributed by atoms with Crippen LogP contribution < -0.4 is 11.1 Å². The fraction of sp³-hybridized carbons (Fsp3) is 0.562.